The first kappa shape index (κ1) is 15.8. The fraction of sp³-hybridized carbons (Fsp3) is 0.188. The molecule has 0 aromatic heterocycles. The third-order valence-electron chi connectivity index (χ3n) is 3.01. The number of hydrogen-bond donors (Lipinski definition) is 2. The molecule has 0 aliphatic heterocycles. The summed E-state index contributed by atoms with van der Waals surface area (Å²) < 4.78 is 6.81. The first-order chi connectivity index (χ1) is 10.2. The average Bonchev–Trinajstić information content (AvgIpc) is 2.52. The van der Waals surface area contributed by atoms with Gasteiger partial charge in [-0.3, -0.25) is 10.2 Å². The zero-order valence-electron chi connectivity index (χ0n) is 11.5. The summed E-state index contributed by atoms with van der Waals surface area (Å²) in [6.45, 7) is 0.496. The van der Waals surface area contributed by atoms with E-state index < -0.39 is 0 Å². The summed E-state index contributed by atoms with van der Waals surface area (Å²) in [6.07, 6.45) is 1.01. The number of hydrazine groups is 1. The Morgan fingerprint density at radius 3 is 2.19 bits per heavy atom. The van der Waals surface area contributed by atoms with Gasteiger partial charge < -0.3 is 4.74 Å². The van der Waals surface area contributed by atoms with E-state index in [1.54, 1.807) is 0 Å². The Morgan fingerprint density at radius 2 is 1.62 bits per heavy atom. The summed E-state index contributed by atoms with van der Waals surface area (Å²) >= 11 is 2.29. The predicted octanol–water partition coefficient (Wildman–Crippen LogP) is 3.11. The molecule has 0 aliphatic rings. The molecule has 21 heavy (non-hydrogen) atoms. The molecule has 0 unspecified atom stereocenters. The van der Waals surface area contributed by atoms with Crippen LogP contribution in [0.15, 0.2) is 48.5 Å². The van der Waals surface area contributed by atoms with Gasteiger partial charge in [-0.25, -0.2) is 5.84 Å². The van der Waals surface area contributed by atoms with E-state index in [9.17, 15) is 4.79 Å². The van der Waals surface area contributed by atoms with Crippen molar-refractivity contribution in [2.45, 2.75) is 12.8 Å². The molecule has 5 heteroatoms. The Labute approximate surface area is 137 Å². The van der Waals surface area contributed by atoms with Crippen LogP contribution in [-0.4, -0.2) is 12.5 Å². The van der Waals surface area contributed by atoms with Gasteiger partial charge in [0.15, 0.2) is 0 Å². The molecule has 0 atom stereocenters. The van der Waals surface area contributed by atoms with E-state index in [0.29, 0.717) is 19.4 Å². The fourth-order valence-electron chi connectivity index (χ4n) is 1.88. The second kappa shape index (κ2) is 7.99. The lowest BCUT2D eigenvalue weighted by molar-refractivity contribution is -0.121. The van der Waals surface area contributed by atoms with Crippen molar-refractivity contribution in [2.24, 2.45) is 5.84 Å². The van der Waals surface area contributed by atoms with Gasteiger partial charge in [-0.1, -0.05) is 24.3 Å². The Bertz CT molecular complexity index is 582. The minimum Gasteiger partial charge on any atom is -0.494 e. The van der Waals surface area contributed by atoms with E-state index in [0.717, 1.165) is 11.3 Å². The standard InChI is InChI=1S/C16H17IN2O2/c17-14-7-3-12(4-8-14)13-5-9-15(10-6-13)21-11-1-2-16(20)19-18/h3-10H,1-2,11,18H2,(H,19,20). The van der Waals surface area contributed by atoms with Crippen molar-refractivity contribution in [2.75, 3.05) is 6.61 Å². The van der Waals surface area contributed by atoms with Crippen LogP contribution in [0, 0.1) is 3.57 Å². The minimum atomic E-state index is -0.173. The van der Waals surface area contributed by atoms with Gasteiger partial charge in [-0.05, 0) is 64.4 Å². The van der Waals surface area contributed by atoms with Gasteiger partial charge in [-0.2, -0.15) is 0 Å². The first-order valence-electron chi connectivity index (χ1n) is 6.67. The van der Waals surface area contributed by atoms with Crippen molar-refractivity contribution in [1.82, 2.24) is 5.43 Å². The zero-order valence-corrected chi connectivity index (χ0v) is 13.7. The van der Waals surface area contributed by atoms with Gasteiger partial charge in [0.25, 0.3) is 0 Å². The number of nitrogens with one attached hydrogen (secondary N) is 1. The van der Waals surface area contributed by atoms with E-state index in [1.165, 1.54) is 9.13 Å². The number of ether oxygens (including phenoxy) is 1. The molecule has 110 valence electrons. The minimum absolute atomic E-state index is 0.173. The van der Waals surface area contributed by atoms with Crippen molar-refractivity contribution in [3.05, 3.63) is 52.1 Å². The van der Waals surface area contributed by atoms with Crippen LogP contribution in [0.25, 0.3) is 11.1 Å². The van der Waals surface area contributed by atoms with Crippen molar-refractivity contribution >= 4 is 28.5 Å². The summed E-state index contributed by atoms with van der Waals surface area (Å²) in [7, 11) is 0. The van der Waals surface area contributed by atoms with E-state index >= 15 is 0 Å². The third-order valence-corrected chi connectivity index (χ3v) is 3.73. The molecule has 0 fully saturated rings. The Kier molecular flexibility index (Phi) is 6.01. The number of benzene rings is 2. The van der Waals surface area contributed by atoms with Crippen LogP contribution in [0.1, 0.15) is 12.8 Å². The average molecular weight is 396 g/mol. The molecular weight excluding hydrogens is 379 g/mol. The Morgan fingerprint density at radius 1 is 1.05 bits per heavy atom. The number of nitrogens with two attached hydrogens (primary N) is 1. The Balaban J connectivity index is 1.87. The molecular formula is C16H17IN2O2. The molecule has 0 saturated heterocycles. The van der Waals surface area contributed by atoms with E-state index in [1.807, 2.05) is 24.3 Å². The number of carbonyl (C=O) groups excluding carboxylic acids is 1. The third kappa shape index (κ3) is 5.02. The molecule has 0 saturated carbocycles. The molecule has 3 N–H and O–H groups in total. The quantitative estimate of drug-likeness (QED) is 0.259. The van der Waals surface area contributed by atoms with Crippen molar-refractivity contribution in [1.29, 1.82) is 0 Å². The van der Waals surface area contributed by atoms with Gasteiger partial charge in [-0.15, -0.1) is 0 Å². The largest absolute Gasteiger partial charge is 0.494 e. The van der Waals surface area contributed by atoms with Crippen LogP contribution in [0.3, 0.4) is 0 Å². The van der Waals surface area contributed by atoms with Crippen molar-refractivity contribution < 1.29 is 9.53 Å². The van der Waals surface area contributed by atoms with Crippen LogP contribution in [0.2, 0.25) is 0 Å². The second-order valence-corrected chi connectivity index (χ2v) is 5.80. The van der Waals surface area contributed by atoms with Crippen LogP contribution in [0.5, 0.6) is 5.75 Å². The molecule has 4 nitrogen and oxygen atoms in total. The maximum atomic E-state index is 11.0. The molecule has 0 bridgehead atoms. The second-order valence-electron chi connectivity index (χ2n) is 4.55. The highest BCUT2D eigenvalue weighted by molar-refractivity contribution is 14.1. The molecule has 2 aromatic carbocycles. The molecule has 0 aliphatic carbocycles. The van der Waals surface area contributed by atoms with Gasteiger partial charge >= 0.3 is 0 Å². The van der Waals surface area contributed by atoms with Crippen LogP contribution >= 0.6 is 22.6 Å². The molecule has 0 spiro atoms. The normalized spacial score (nSPS) is 10.2. The maximum absolute atomic E-state index is 11.0. The maximum Gasteiger partial charge on any atom is 0.234 e. The van der Waals surface area contributed by atoms with Crippen LogP contribution in [-0.2, 0) is 4.79 Å². The summed E-state index contributed by atoms with van der Waals surface area (Å²) in [4.78, 5) is 11.0. The van der Waals surface area contributed by atoms with E-state index in [2.05, 4.69) is 52.3 Å². The van der Waals surface area contributed by atoms with Gasteiger partial charge in [0.2, 0.25) is 5.91 Å². The molecule has 0 heterocycles. The number of halogens is 1. The molecule has 2 rings (SSSR count). The zero-order chi connectivity index (χ0) is 15.1. The SMILES string of the molecule is NNC(=O)CCCOc1ccc(-c2ccc(I)cc2)cc1. The number of amides is 1. The van der Waals surface area contributed by atoms with Gasteiger partial charge in [0.1, 0.15) is 5.75 Å². The highest BCUT2D eigenvalue weighted by Gasteiger charge is 2.01. The monoisotopic (exact) mass is 396 g/mol. The summed E-state index contributed by atoms with van der Waals surface area (Å²) in [5.74, 6) is 5.64. The smallest absolute Gasteiger partial charge is 0.234 e. The number of rotatable bonds is 6. The fourth-order valence-corrected chi connectivity index (χ4v) is 2.24. The highest BCUT2D eigenvalue weighted by Crippen LogP contribution is 2.23. The van der Waals surface area contributed by atoms with Crippen LogP contribution < -0.4 is 16.0 Å². The lowest BCUT2D eigenvalue weighted by atomic mass is 10.1. The molecule has 1 amide bonds. The Hall–Kier alpha value is -1.60. The molecule has 2 aromatic rings. The predicted molar refractivity (Wildman–Crippen MR) is 91.7 cm³/mol. The lowest BCUT2D eigenvalue weighted by Crippen LogP contribution is -2.29. The van der Waals surface area contributed by atoms with E-state index in [4.69, 9.17) is 10.6 Å². The summed E-state index contributed by atoms with van der Waals surface area (Å²) in [5.41, 5.74) is 4.43. The van der Waals surface area contributed by atoms with Gasteiger partial charge in [0.05, 0.1) is 6.61 Å². The van der Waals surface area contributed by atoms with E-state index in [-0.39, 0.29) is 5.91 Å². The lowest BCUT2D eigenvalue weighted by Gasteiger charge is -2.07. The summed E-state index contributed by atoms with van der Waals surface area (Å²) in [5, 5.41) is 0. The summed E-state index contributed by atoms with van der Waals surface area (Å²) in [6, 6.07) is 16.3. The molecule has 0 radical (unpaired) electrons. The first-order valence-corrected chi connectivity index (χ1v) is 7.75. The topological polar surface area (TPSA) is 64.3 Å². The van der Waals surface area contributed by atoms with Gasteiger partial charge in [0, 0.05) is 9.99 Å². The number of carbonyl (C=O) groups is 1. The highest BCUT2D eigenvalue weighted by atomic mass is 127. The van der Waals surface area contributed by atoms with Crippen molar-refractivity contribution in [3.63, 3.8) is 0 Å². The van der Waals surface area contributed by atoms with Crippen molar-refractivity contribution in [3.8, 4) is 16.9 Å². The number of hydrogen-bond acceptors (Lipinski definition) is 3. The van der Waals surface area contributed by atoms with Crippen LogP contribution in [0.4, 0.5) is 0 Å².